The van der Waals surface area contributed by atoms with Crippen molar-refractivity contribution >= 4 is 10.0 Å². The van der Waals surface area contributed by atoms with Gasteiger partial charge in [0.1, 0.15) is 0 Å². The smallest absolute Gasteiger partial charge is 0.240 e. The van der Waals surface area contributed by atoms with Crippen molar-refractivity contribution in [3.05, 3.63) is 29.8 Å². The van der Waals surface area contributed by atoms with Crippen LogP contribution in [0.15, 0.2) is 29.2 Å². The molecule has 6 heteroatoms. The molecule has 1 rings (SSSR count). The molecule has 0 aliphatic heterocycles. The van der Waals surface area contributed by atoms with Gasteiger partial charge in [-0.25, -0.2) is 13.1 Å². The molecule has 1 aromatic carbocycles. The highest BCUT2D eigenvalue weighted by atomic mass is 32.2. The third kappa shape index (κ3) is 5.39. The molecule has 0 aliphatic carbocycles. The largest absolute Gasteiger partial charge is 0.383 e. The van der Waals surface area contributed by atoms with Gasteiger partial charge in [0.2, 0.25) is 10.0 Å². The zero-order valence-corrected chi connectivity index (χ0v) is 14.0. The SMILES string of the molecule is CCCC(COC)NS(=O)(=O)c1cccc(C(C)NC)c1. The zero-order valence-electron chi connectivity index (χ0n) is 13.2. The normalized spacial score (nSPS) is 14.9. The molecule has 0 saturated heterocycles. The van der Waals surface area contributed by atoms with Gasteiger partial charge in [0.05, 0.1) is 11.5 Å². The number of rotatable bonds is 9. The maximum Gasteiger partial charge on any atom is 0.240 e. The molecule has 0 aliphatic rings. The fourth-order valence-electron chi connectivity index (χ4n) is 2.13. The lowest BCUT2D eigenvalue weighted by atomic mass is 10.1. The van der Waals surface area contributed by atoms with Crippen LogP contribution < -0.4 is 10.0 Å². The molecule has 21 heavy (non-hydrogen) atoms. The van der Waals surface area contributed by atoms with Crippen molar-refractivity contribution in [2.24, 2.45) is 0 Å². The summed E-state index contributed by atoms with van der Waals surface area (Å²) in [6.45, 7) is 4.38. The predicted molar refractivity (Wildman–Crippen MR) is 84.8 cm³/mol. The monoisotopic (exact) mass is 314 g/mol. The van der Waals surface area contributed by atoms with E-state index in [-0.39, 0.29) is 12.1 Å². The van der Waals surface area contributed by atoms with E-state index in [9.17, 15) is 8.42 Å². The van der Waals surface area contributed by atoms with Gasteiger partial charge < -0.3 is 10.1 Å². The van der Waals surface area contributed by atoms with Gasteiger partial charge in [-0.15, -0.1) is 0 Å². The molecule has 0 heterocycles. The number of hydrogen-bond acceptors (Lipinski definition) is 4. The first-order valence-corrected chi connectivity index (χ1v) is 8.71. The third-order valence-corrected chi connectivity index (χ3v) is 4.95. The maximum atomic E-state index is 12.5. The molecule has 120 valence electrons. The minimum absolute atomic E-state index is 0.102. The summed E-state index contributed by atoms with van der Waals surface area (Å²) < 4.78 is 32.7. The molecule has 0 bridgehead atoms. The Hall–Kier alpha value is -0.950. The van der Waals surface area contributed by atoms with Crippen LogP contribution in [0.5, 0.6) is 0 Å². The van der Waals surface area contributed by atoms with E-state index in [2.05, 4.69) is 10.0 Å². The van der Waals surface area contributed by atoms with Gasteiger partial charge in [0.25, 0.3) is 0 Å². The summed E-state index contributed by atoms with van der Waals surface area (Å²) in [5.74, 6) is 0. The number of methoxy groups -OCH3 is 1. The second-order valence-corrected chi connectivity index (χ2v) is 6.86. The first kappa shape index (κ1) is 18.1. The second kappa shape index (κ2) is 8.48. The van der Waals surface area contributed by atoms with Crippen molar-refractivity contribution in [3.63, 3.8) is 0 Å². The van der Waals surface area contributed by atoms with Gasteiger partial charge in [-0.05, 0) is 38.1 Å². The molecular formula is C15H26N2O3S. The summed E-state index contributed by atoms with van der Waals surface area (Å²) in [4.78, 5) is 0.291. The van der Waals surface area contributed by atoms with Crippen LogP contribution >= 0.6 is 0 Å². The molecule has 0 radical (unpaired) electrons. The molecule has 0 saturated carbocycles. The molecule has 2 atom stereocenters. The number of ether oxygens (including phenoxy) is 1. The van der Waals surface area contributed by atoms with E-state index >= 15 is 0 Å². The van der Waals surface area contributed by atoms with Crippen molar-refractivity contribution in [1.29, 1.82) is 0 Å². The molecule has 2 N–H and O–H groups in total. The Morgan fingerprint density at radius 3 is 2.62 bits per heavy atom. The number of hydrogen-bond donors (Lipinski definition) is 2. The standard InChI is InChI=1S/C15H26N2O3S/c1-5-7-14(11-20-4)17-21(18,19)15-9-6-8-13(10-15)12(2)16-3/h6,8-10,12,14,16-17H,5,7,11H2,1-4H3. The van der Waals surface area contributed by atoms with Crippen LogP contribution in [0.3, 0.4) is 0 Å². The Morgan fingerprint density at radius 2 is 2.05 bits per heavy atom. The van der Waals surface area contributed by atoms with Crippen molar-refractivity contribution in [2.45, 2.75) is 43.7 Å². The highest BCUT2D eigenvalue weighted by molar-refractivity contribution is 7.89. The summed E-state index contributed by atoms with van der Waals surface area (Å²) in [6.07, 6.45) is 1.65. The van der Waals surface area contributed by atoms with Gasteiger partial charge >= 0.3 is 0 Å². The van der Waals surface area contributed by atoms with Gasteiger partial charge in [0.15, 0.2) is 0 Å². The minimum Gasteiger partial charge on any atom is -0.383 e. The summed E-state index contributed by atoms with van der Waals surface area (Å²) >= 11 is 0. The van der Waals surface area contributed by atoms with Crippen LogP contribution in [-0.4, -0.2) is 35.2 Å². The van der Waals surface area contributed by atoms with Crippen LogP contribution in [0.4, 0.5) is 0 Å². The second-order valence-electron chi connectivity index (χ2n) is 5.15. The van der Waals surface area contributed by atoms with Crippen molar-refractivity contribution in [2.75, 3.05) is 20.8 Å². The van der Waals surface area contributed by atoms with E-state index in [1.165, 1.54) is 0 Å². The van der Waals surface area contributed by atoms with Crippen LogP contribution in [0.1, 0.15) is 38.3 Å². The van der Waals surface area contributed by atoms with Gasteiger partial charge in [-0.3, -0.25) is 0 Å². The van der Waals surface area contributed by atoms with Gasteiger partial charge in [-0.1, -0.05) is 25.5 Å². The molecule has 0 spiro atoms. The van der Waals surface area contributed by atoms with Crippen LogP contribution in [0, 0.1) is 0 Å². The fraction of sp³-hybridized carbons (Fsp3) is 0.600. The maximum absolute atomic E-state index is 12.5. The summed E-state index contributed by atoms with van der Waals surface area (Å²) in [5.41, 5.74) is 0.944. The molecule has 0 aromatic heterocycles. The Balaban J connectivity index is 2.96. The van der Waals surface area contributed by atoms with Crippen LogP contribution in [-0.2, 0) is 14.8 Å². The zero-order chi connectivity index (χ0) is 15.9. The Bertz CT molecular complexity index is 525. The van der Waals surface area contributed by atoms with Crippen LogP contribution in [0.25, 0.3) is 0 Å². The third-order valence-electron chi connectivity index (χ3n) is 3.43. The first-order chi connectivity index (χ1) is 9.94. The average Bonchev–Trinajstić information content (AvgIpc) is 2.46. The van der Waals surface area contributed by atoms with Gasteiger partial charge in [-0.2, -0.15) is 0 Å². The van der Waals surface area contributed by atoms with E-state index in [1.54, 1.807) is 25.3 Å². The van der Waals surface area contributed by atoms with E-state index < -0.39 is 10.0 Å². The Labute approximate surface area is 128 Å². The molecule has 2 unspecified atom stereocenters. The highest BCUT2D eigenvalue weighted by Gasteiger charge is 2.20. The Morgan fingerprint density at radius 1 is 1.33 bits per heavy atom. The minimum atomic E-state index is -3.53. The highest BCUT2D eigenvalue weighted by Crippen LogP contribution is 2.17. The first-order valence-electron chi connectivity index (χ1n) is 7.23. The summed E-state index contributed by atoms with van der Waals surface area (Å²) in [5, 5.41) is 3.11. The van der Waals surface area contributed by atoms with Crippen molar-refractivity contribution < 1.29 is 13.2 Å². The predicted octanol–water partition coefficient (Wildman–Crippen LogP) is 2.06. The van der Waals surface area contributed by atoms with E-state index in [0.29, 0.717) is 11.5 Å². The summed E-state index contributed by atoms with van der Waals surface area (Å²) in [7, 11) is -0.103. The average molecular weight is 314 g/mol. The number of benzene rings is 1. The summed E-state index contributed by atoms with van der Waals surface area (Å²) in [6, 6.07) is 6.91. The van der Waals surface area contributed by atoms with Crippen molar-refractivity contribution in [3.8, 4) is 0 Å². The van der Waals surface area contributed by atoms with Crippen LogP contribution in [0.2, 0.25) is 0 Å². The fourth-order valence-corrected chi connectivity index (χ4v) is 3.44. The number of nitrogens with one attached hydrogen (secondary N) is 2. The van der Waals surface area contributed by atoms with E-state index in [0.717, 1.165) is 18.4 Å². The quantitative estimate of drug-likeness (QED) is 0.732. The lowest BCUT2D eigenvalue weighted by Crippen LogP contribution is -2.37. The number of sulfonamides is 1. The van der Waals surface area contributed by atoms with Gasteiger partial charge in [0, 0.05) is 19.2 Å². The van der Waals surface area contributed by atoms with Crippen molar-refractivity contribution in [1.82, 2.24) is 10.0 Å². The Kier molecular flexibility index (Phi) is 7.31. The molecule has 5 nitrogen and oxygen atoms in total. The molecule has 1 aromatic rings. The topological polar surface area (TPSA) is 67.4 Å². The molecule has 0 amide bonds. The molecular weight excluding hydrogens is 288 g/mol. The molecule has 0 fully saturated rings. The lowest BCUT2D eigenvalue weighted by molar-refractivity contribution is 0.171. The lowest BCUT2D eigenvalue weighted by Gasteiger charge is -2.18. The van der Waals surface area contributed by atoms with E-state index in [1.807, 2.05) is 27.0 Å². The van der Waals surface area contributed by atoms with E-state index in [4.69, 9.17) is 4.74 Å².